The average Bonchev–Trinajstić information content (AvgIpc) is 2.55. The standard InChI is InChI=1S/C16H20N4O2/c17-9-11-3-1-2-4-14(11)19-15-5-6-16(20(21)22)13-10-18-8-7-12(13)15/h5-8,10-11,14,19H,1-4,9,17H2. The zero-order valence-electron chi connectivity index (χ0n) is 12.4. The number of nitrogens with one attached hydrogen (secondary N) is 1. The second-order valence-corrected chi connectivity index (χ2v) is 5.84. The summed E-state index contributed by atoms with van der Waals surface area (Å²) in [5.74, 6) is 0.459. The highest BCUT2D eigenvalue weighted by atomic mass is 16.6. The summed E-state index contributed by atoms with van der Waals surface area (Å²) >= 11 is 0. The number of anilines is 1. The number of non-ortho nitro benzene ring substituents is 1. The maximum absolute atomic E-state index is 11.2. The summed E-state index contributed by atoms with van der Waals surface area (Å²) in [6.07, 6.45) is 7.87. The molecular formula is C16H20N4O2. The van der Waals surface area contributed by atoms with Crippen molar-refractivity contribution in [3.05, 3.63) is 40.7 Å². The second kappa shape index (κ2) is 6.27. The summed E-state index contributed by atoms with van der Waals surface area (Å²) < 4.78 is 0. The molecule has 1 aromatic carbocycles. The first-order chi connectivity index (χ1) is 10.7. The molecule has 1 heterocycles. The van der Waals surface area contributed by atoms with Gasteiger partial charge in [-0.3, -0.25) is 15.1 Å². The number of hydrogen-bond acceptors (Lipinski definition) is 5. The monoisotopic (exact) mass is 300 g/mol. The van der Waals surface area contributed by atoms with Gasteiger partial charge in [0.25, 0.3) is 5.69 Å². The molecule has 6 nitrogen and oxygen atoms in total. The molecule has 6 heteroatoms. The molecule has 0 aliphatic heterocycles. The van der Waals surface area contributed by atoms with Crippen molar-refractivity contribution in [1.82, 2.24) is 4.98 Å². The zero-order valence-corrected chi connectivity index (χ0v) is 12.4. The first-order valence-electron chi connectivity index (χ1n) is 7.68. The van der Waals surface area contributed by atoms with E-state index in [1.165, 1.54) is 12.8 Å². The van der Waals surface area contributed by atoms with Crippen molar-refractivity contribution in [1.29, 1.82) is 0 Å². The number of nitrogens with zero attached hydrogens (tertiary/aromatic N) is 2. The fourth-order valence-corrected chi connectivity index (χ4v) is 3.34. The molecule has 2 unspecified atom stereocenters. The summed E-state index contributed by atoms with van der Waals surface area (Å²) in [6, 6.07) is 5.50. The van der Waals surface area contributed by atoms with Crippen molar-refractivity contribution in [2.24, 2.45) is 11.7 Å². The van der Waals surface area contributed by atoms with E-state index in [0.717, 1.165) is 23.9 Å². The Morgan fingerprint density at radius 3 is 2.86 bits per heavy atom. The lowest BCUT2D eigenvalue weighted by Crippen LogP contribution is -2.36. The quantitative estimate of drug-likeness (QED) is 0.668. The number of pyridine rings is 1. The lowest BCUT2D eigenvalue weighted by atomic mass is 9.84. The number of nitrogens with two attached hydrogens (primary N) is 1. The van der Waals surface area contributed by atoms with Crippen molar-refractivity contribution in [2.45, 2.75) is 31.7 Å². The van der Waals surface area contributed by atoms with Gasteiger partial charge in [-0.2, -0.15) is 0 Å². The highest BCUT2D eigenvalue weighted by Gasteiger charge is 2.25. The third-order valence-corrected chi connectivity index (χ3v) is 4.54. The summed E-state index contributed by atoms with van der Waals surface area (Å²) in [7, 11) is 0. The van der Waals surface area contributed by atoms with E-state index >= 15 is 0 Å². The van der Waals surface area contributed by atoms with Gasteiger partial charge >= 0.3 is 0 Å². The van der Waals surface area contributed by atoms with Crippen LogP contribution in [0.25, 0.3) is 10.8 Å². The van der Waals surface area contributed by atoms with Crippen molar-refractivity contribution in [3.63, 3.8) is 0 Å². The van der Waals surface area contributed by atoms with Gasteiger partial charge in [0.15, 0.2) is 0 Å². The van der Waals surface area contributed by atoms with Gasteiger partial charge in [0.05, 0.1) is 10.3 Å². The van der Waals surface area contributed by atoms with Crippen LogP contribution in [0.4, 0.5) is 11.4 Å². The molecule has 2 atom stereocenters. The molecule has 0 bridgehead atoms. The van der Waals surface area contributed by atoms with Crippen LogP contribution < -0.4 is 11.1 Å². The first-order valence-corrected chi connectivity index (χ1v) is 7.68. The average molecular weight is 300 g/mol. The third kappa shape index (κ3) is 2.74. The van der Waals surface area contributed by atoms with Gasteiger partial charge in [-0.25, -0.2) is 0 Å². The Morgan fingerprint density at radius 1 is 1.27 bits per heavy atom. The topological polar surface area (TPSA) is 94.1 Å². The van der Waals surface area contributed by atoms with Crippen LogP contribution >= 0.6 is 0 Å². The third-order valence-electron chi connectivity index (χ3n) is 4.54. The van der Waals surface area contributed by atoms with Gasteiger partial charge in [0, 0.05) is 35.6 Å². The van der Waals surface area contributed by atoms with Crippen molar-refractivity contribution < 1.29 is 4.92 Å². The van der Waals surface area contributed by atoms with Crippen molar-refractivity contribution in [2.75, 3.05) is 11.9 Å². The van der Waals surface area contributed by atoms with Gasteiger partial charge in [-0.15, -0.1) is 0 Å². The number of aromatic nitrogens is 1. The van der Waals surface area contributed by atoms with E-state index in [1.54, 1.807) is 24.5 Å². The van der Waals surface area contributed by atoms with Gasteiger partial charge in [-0.05, 0) is 37.4 Å². The normalized spacial score (nSPS) is 21.7. The summed E-state index contributed by atoms with van der Waals surface area (Å²) in [4.78, 5) is 14.8. The molecule has 0 spiro atoms. The Kier molecular flexibility index (Phi) is 4.20. The molecular weight excluding hydrogens is 280 g/mol. The largest absolute Gasteiger partial charge is 0.381 e. The van der Waals surface area contributed by atoms with Crippen LogP contribution in [-0.4, -0.2) is 22.5 Å². The van der Waals surface area contributed by atoms with E-state index in [9.17, 15) is 10.1 Å². The summed E-state index contributed by atoms with van der Waals surface area (Å²) in [6.45, 7) is 0.671. The van der Waals surface area contributed by atoms with Gasteiger partial charge in [0.1, 0.15) is 0 Å². The van der Waals surface area contributed by atoms with Crippen molar-refractivity contribution >= 4 is 22.1 Å². The number of nitro groups is 1. The van der Waals surface area contributed by atoms with Crippen molar-refractivity contribution in [3.8, 4) is 0 Å². The number of nitro benzene ring substituents is 1. The van der Waals surface area contributed by atoms with E-state index in [2.05, 4.69) is 10.3 Å². The highest BCUT2D eigenvalue weighted by molar-refractivity contribution is 5.99. The maximum Gasteiger partial charge on any atom is 0.278 e. The minimum Gasteiger partial charge on any atom is -0.381 e. The number of benzene rings is 1. The molecule has 1 saturated carbocycles. The Morgan fingerprint density at radius 2 is 2.09 bits per heavy atom. The molecule has 1 aliphatic rings. The minimum atomic E-state index is -0.364. The lowest BCUT2D eigenvalue weighted by Gasteiger charge is -2.32. The molecule has 22 heavy (non-hydrogen) atoms. The fraction of sp³-hybridized carbons (Fsp3) is 0.438. The fourth-order valence-electron chi connectivity index (χ4n) is 3.34. The van der Waals surface area contributed by atoms with E-state index in [4.69, 9.17) is 5.73 Å². The molecule has 3 N–H and O–H groups in total. The molecule has 2 aromatic rings. The number of rotatable bonds is 4. The van der Waals surface area contributed by atoms with Gasteiger partial charge in [-0.1, -0.05) is 12.8 Å². The Hall–Kier alpha value is -2.21. The minimum absolute atomic E-state index is 0.0904. The lowest BCUT2D eigenvalue weighted by molar-refractivity contribution is -0.383. The summed E-state index contributed by atoms with van der Waals surface area (Å²) in [5, 5.41) is 16.1. The molecule has 0 radical (unpaired) electrons. The van der Waals surface area contributed by atoms with E-state index in [1.807, 2.05) is 6.07 Å². The number of fused-ring (bicyclic) bond motifs is 1. The van der Waals surface area contributed by atoms with Gasteiger partial charge < -0.3 is 11.1 Å². The Labute approximate surface area is 128 Å². The molecule has 0 amide bonds. The van der Waals surface area contributed by atoms with Crippen LogP contribution in [0.5, 0.6) is 0 Å². The predicted molar refractivity (Wildman–Crippen MR) is 86.8 cm³/mol. The van der Waals surface area contributed by atoms with E-state index in [-0.39, 0.29) is 10.6 Å². The first kappa shape index (κ1) is 14.7. The molecule has 0 saturated heterocycles. The smallest absolute Gasteiger partial charge is 0.278 e. The summed E-state index contributed by atoms with van der Waals surface area (Å²) in [5.41, 5.74) is 6.90. The van der Waals surface area contributed by atoms with E-state index < -0.39 is 0 Å². The maximum atomic E-state index is 11.2. The molecule has 3 rings (SSSR count). The molecule has 116 valence electrons. The van der Waals surface area contributed by atoms with Crippen LogP contribution in [-0.2, 0) is 0 Å². The highest BCUT2D eigenvalue weighted by Crippen LogP contribution is 2.33. The van der Waals surface area contributed by atoms with E-state index in [0.29, 0.717) is 23.9 Å². The molecule has 1 fully saturated rings. The predicted octanol–water partition coefficient (Wildman–Crippen LogP) is 3.07. The van der Waals surface area contributed by atoms with Crippen LogP contribution in [0.15, 0.2) is 30.6 Å². The second-order valence-electron chi connectivity index (χ2n) is 5.84. The number of hydrogen-bond donors (Lipinski definition) is 2. The molecule has 1 aliphatic carbocycles. The van der Waals surface area contributed by atoms with Crippen LogP contribution in [0.1, 0.15) is 25.7 Å². The zero-order chi connectivity index (χ0) is 15.5. The Balaban J connectivity index is 1.97. The van der Waals surface area contributed by atoms with Crippen LogP contribution in [0, 0.1) is 16.0 Å². The van der Waals surface area contributed by atoms with Crippen LogP contribution in [0.2, 0.25) is 0 Å². The SMILES string of the molecule is NCC1CCCCC1Nc1ccc([N+](=O)[O-])c2cnccc12. The van der Waals surface area contributed by atoms with Crippen LogP contribution in [0.3, 0.4) is 0 Å². The molecule has 1 aromatic heterocycles. The Bertz CT molecular complexity index is 689. The van der Waals surface area contributed by atoms with Gasteiger partial charge in [0.2, 0.25) is 0 Å².